The first-order valence-corrected chi connectivity index (χ1v) is 5.61. The first-order chi connectivity index (χ1) is 7.40. The van der Waals surface area contributed by atoms with Gasteiger partial charge in [-0.2, -0.15) is 18.0 Å². The molecule has 0 unspecified atom stereocenters. The van der Waals surface area contributed by atoms with Crippen LogP contribution in [0.1, 0.15) is 5.82 Å². The molecule has 0 amide bonds. The van der Waals surface area contributed by atoms with Crippen molar-refractivity contribution < 1.29 is 13.2 Å². The van der Waals surface area contributed by atoms with Crippen LogP contribution < -0.4 is 0 Å². The molecule has 9 heteroatoms. The summed E-state index contributed by atoms with van der Waals surface area (Å²) in [5.74, 6) is 0.285. The van der Waals surface area contributed by atoms with E-state index in [9.17, 15) is 13.2 Å². The van der Waals surface area contributed by atoms with Gasteiger partial charge >= 0.3 is 6.18 Å². The number of tetrazole rings is 1. The highest BCUT2D eigenvalue weighted by molar-refractivity contribution is 9.09. The summed E-state index contributed by atoms with van der Waals surface area (Å²) in [6.07, 6.45) is -4.22. The summed E-state index contributed by atoms with van der Waals surface area (Å²) in [5.41, 5.74) is 0. The molecule has 0 saturated carbocycles. The third-order valence-electron chi connectivity index (χ3n) is 1.72. The maximum Gasteiger partial charge on any atom is 0.401 e. The minimum Gasteiger partial charge on any atom is -0.286 e. The molecular formula is C7H11BrF3N5. The van der Waals surface area contributed by atoms with Crippen molar-refractivity contribution in [3.8, 4) is 0 Å². The Morgan fingerprint density at radius 1 is 1.44 bits per heavy atom. The molecule has 0 spiro atoms. The van der Waals surface area contributed by atoms with Gasteiger partial charge in [-0.05, 0) is 5.21 Å². The second-order valence-corrected chi connectivity index (χ2v) is 4.00. The van der Waals surface area contributed by atoms with Gasteiger partial charge in [0.15, 0.2) is 5.82 Å². The van der Waals surface area contributed by atoms with Crippen molar-refractivity contribution in [1.82, 2.24) is 25.1 Å². The number of aromatic nitrogens is 4. The average molecular weight is 302 g/mol. The molecule has 0 N–H and O–H groups in total. The van der Waals surface area contributed by atoms with Gasteiger partial charge in [0.2, 0.25) is 0 Å². The zero-order valence-corrected chi connectivity index (χ0v) is 10.2. The molecule has 1 rings (SSSR count). The van der Waals surface area contributed by atoms with E-state index in [1.165, 1.54) is 9.70 Å². The average Bonchev–Trinajstić information content (AvgIpc) is 2.48. The molecule has 0 aliphatic rings. The van der Waals surface area contributed by atoms with Crippen LogP contribution in [-0.4, -0.2) is 49.7 Å². The molecule has 92 valence electrons. The third kappa shape index (κ3) is 4.88. The minimum atomic E-state index is -4.22. The van der Waals surface area contributed by atoms with Crippen molar-refractivity contribution in [1.29, 1.82) is 0 Å². The summed E-state index contributed by atoms with van der Waals surface area (Å²) >= 11 is 3.11. The molecule has 0 fully saturated rings. The van der Waals surface area contributed by atoms with Crippen molar-refractivity contribution in [2.75, 3.05) is 18.4 Å². The predicted molar refractivity (Wildman–Crippen MR) is 53.9 cm³/mol. The zero-order valence-electron chi connectivity index (χ0n) is 8.58. The Kier molecular flexibility index (Phi) is 4.66. The molecular weight excluding hydrogens is 291 g/mol. The van der Waals surface area contributed by atoms with E-state index in [-0.39, 0.29) is 18.9 Å². The highest BCUT2D eigenvalue weighted by Gasteiger charge is 2.30. The van der Waals surface area contributed by atoms with Crippen LogP contribution in [0.25, 0.3) is 0 Å². The van der Waals surface area contributed by atoms with E-state index in [4.69, 9.17) is 0 Å². The molecule has 0 radical (unpaired) electrons. The van der Waals surface area contributed by atoms with E-state index in [0.29, 0.717) is 5.33 Å². The van der Waals surface area contributed by atoms with Gasteiger partial charge in [-0.15, -0.1) is 10.2 Å². The van der Waals surface area contributed by atoms with Crippen molar-refractivity contribution in [3.63, 3.8) is 0 Å². The summed E-state index contributed by atoms with van der Waals surface area (Å²) in [5, 5.41) is 11.5. The molecule has 1 aromatic rings. The largest absolute Gasteiger partial charge is 0.401 e. The molecule has 1 aromatic heterocycles. The van der Waals surface area contributed by atoms with Crippen LogP contribution in [0, 0.1) is 0 Å². The van der Waals surface area contributed by atoms with Gasteiger partial charge in [-0.25, -0.2) is 0 Å². The van der Waals surface area contributed by atoms with Gasteiger partial charge in [-0.1, -0.05) is 15.9 Å². The van der Waals surface area contributed by atoms with Crippen molar-refractivity contribution in [2.24, 2.45) is 7.05 Å². The number of hydrogen-bond donors (Lipinski definition) is 0. The van der Waals surface area contributed by atoms with Crippen LogP contribution in [0.15, 0.2) is 0 Å². The topological polar surface area (TPSA) is 46.8 Å². The zero-order chi connectivity index (χ0) is 12.2. The second-order valence-electron chi connectivity index (χ2n) is 3.21. The van der Waals surface area contributed by atoms with Crippen LogP contribution in [0.4, 0.5) is 13.2 Å². The Morgan fingerprint density at radius 3 is 2.56 bits per heavy atom. The maximum absolute atomic E-state index is 12.2. The van der Waals surface area contributed by atoms with Crippen LogP contribution in [-0.2, 0) is 13.6 Å². The van der Waals surface area contributed by atoms with E-state index in [2.05, 4.69) is 31.3 Å². The smallest absolute Gasteiger partial charge is 0.286 e. The SMILES string of the molecule is Cn1nnc(CN(CCBr)CC(F)(F)F)n1. The van der Waals surface area contributed by atoms with Gasteiger partial charge in [0.05, 0.1) is 20.1 Å². The third-order valence-corrected chi connectivity index (χ3v) is 2.07. The number of hydrogen-bond acceptors (Lipinski definition) is 4. The fourth-order valence-electron chi connectivity index (χ4n) is 1.17. The number of rotatable bonds is 5. The lowest BCUT2D eigenvalue weighted by Gasteiger charge is -2.20. The highest BCUT2D eigenvalue weighted by atomic mass is 79.9. The lowest BCUT2D eigenvalue weighted by molar-refractivity contribution is -0.146. The standard InChI is InChI=1S/C7H11BrF3N5/c1-15-13-6(12-14-15)4-16(3-2-8)5-7(9,10)11/h2-5H2,1H3. The molecule has 5 nitrogen and oxygen atoms in total. The van der Waals surface area contributed by atoms with Gasteiger partial charge in [-0.3, -0.25) is 4.90 Å². The second kappa shape index (κ2) is 5.58. The van der Waals surface area contributed by atoms with E-state index >= 15 is 0 Å². The van der Waals surface area contributed by atoms with Crippen LogP contribution in [0.2, 0.25) is 0 Å². The van der Waals surface area contributed by atoms with Crippen molar-refractivity contribution in [3.05, 3.63) is 5.82 Å². The summed E-state index contributed by atoms with van der Waals surface area (Å²) in [6.45, 7) is -0.659. The van der Waals surface area contributed by atoms with E-state index in [1.807, 2.05) is 0 Å². The molecule has 16 heavy (non-hydrogen) atoms. The molecule has 0 aromatic carbocycles. The summed E-state index contributed by atoms with van der Waals surface area (Å²) in [4.78, 5) is 2.43. The normalized spacial score (nSPS) is 12.4. The van der Waals surface area contributed by atoms with Crippen LogP contribution in [0.5, 0.6) is 0 Å². The fourth-order valence-corrected chi connectivity index (χ4v) is 1.68. The quantitative estimate of drug-likeness (QED) is 0.761. The van der Waals surface area contributed by atoms with Gasteiger partial charge in [0.25, 0.3) is 0 Å². The van der Waals surface area contributed by atoms with Gasteiger partial charge in [0, 0.05) is 11.9 Å². The van der Waals surface area contributed by atoms with Crippen LogP contribution >= 0.6 is 15.9 Å². The number of alkyl halides is 4. The molecule has 0 bridgehead atoms. The lowest BCUT2D eigenvalue weighted by Crippen LogP contribution is -2.35. The van der Waals surface area contributed by atoms with Crippen LogP contribution in [0.3, 0.4) is 0 Å². The number of halogens is 4. The monoisotopic (exact) mass is 301 g/mol. The van der Waals surface area contributed by atoms with E-state index in [0.717, 1.165) is 0 Å². The fraction of sp³-hybridized carbons (Fsp3) is 0.857. The Labute approximate surface area is 98.7 Å². The summed E-state index contributed by atoms with van der Waals surface area (Å²) in [7, 11) is 1.56. The van der Waals surface area contributed by atoms with Gasteiger partial charge in [0.1, 0.15) is 0 Å². The Hall–Kier alpha value is -0.700. The summed E-state index contributed by atoms with van der Waals surface area (Å²) < 4.78 is 36.7. The Morgan fingerprint density at radius 2 is 2.12 bits per heavy atom. The van der Waals surface area contributed by atoms with Crippen molar-refractivity contribution in [2.45, 2.75) is 12.7 Å². The molecule has 0 aliphatic heterocycles. The maximum atomic E-state index is 12.2. The molecule has 0 aliphatic carbocycles. The Bertz CT molecular complexity index is 326. The van der Waals surface area contributed by atoms with E-state index < -0.39 is 12.7 Å². The number of nitrogens with zero attached hydrogens (tertiary/aromatic N) is 5. The molecule has 0 atom stereocenters. The highest BCUT2D eigenvalue weighted by Crippen LogP contribution is 2.17. The lowest BCUT2D eigenvalue weighted by atomic mass is 10.4. The van der Waals surface area contributed by atoms with E-state index in [1.54, 1.807) is 7.05 Å². The Balaban J connectivity index is 2.57. The number of aryl methyl sites for hydroxylation is 1. The minimum absolute atomic E-state index is 0.0406. The first kappa shape index (κ1) is 13.4. The van der Waals surface area contributed by atoms with Gasteiger partial charge < -0.3 is 0 Å². The van der Waals surface area contributed by atoms with Crippen molar-refractivity contribution >= 4 is 15.9 Å². The predicted octanol–water partition coefficient (Wildman–Crippen LogP) is 0.969. The summed E-state index contributed by atoms with van der Waals surface area (Å²) in [6, 6.07) is 0. The molecule has 0 saturated heterocycles. The molecule has 1 heterocycles. The first-order valence-electron chi connectivity index (χ1n) is 4.48.